The van der Waals surface area contributed by atoms with E-state index in [2.05, 4.69) is 15.6 Å². The van der Waals surface area contributed by atoms with Crippen LogP contribution in [0.2, 0.25) is 0 Å². The highest BCUT2D eigenvalue weighted by atomic mass is 32.1. The third-order valence-corrected chi connectivity index (χ3v) is 5.09. The summed E-state index contributed by atoms with van der Waals surface area (Å²) in [7, 11) is 0. The second-order valence-electron chi connectivity index (χ2n) is 7.82. The van der Waals surface area contributed by atoms with Crippen molar-refractivity contribution in [1.82, 2.24) is 10.3 Å². The SMILES string of the molecule is CC(C)(C)OC(=O)NC(C(=O)Nc1ncccc1C(=O)c1ccc(F)cc1)c1cccs1. The van der Waals surface area contributed by atoms with Gasteiger partial charge in [0.1, 0.15) is 23.3 Å². The average Bonchev–Trinajstić information content (AvgIpc) is 3.25. The second kappa shape index (κ2) is 9.69. The predicted molar refractivity (Wildman–Crippen MR) is 119 cm³/mol. The molecule has 0 aliphatic heterocycles. The Morgan fingerprint density at radius 2 is 1.78 bits per heavy atom. The minimum absolute atomic E-state index is 0.0272. The second-order valence-corrected chi connectivity index (χ2v) is 8.80. The number of benzene rings is 1. The molecule has 7 nitrogen and oxygen atoms in total. The molecule has 0 saturated heterocycles. The lowest BCUT2D eigenvalue weighted by Gasteiger charge is -2.23. The number of nitrogens with one attached hydrogen (secondary N) is 2. The molecule has 166 valence electrons. The van der Waals surface area contributed by atoms with E-state index in [4.69, 9.17) is 4.74 Å². The van der Waals surface area contributed by atoms with Gasteiger partial charge in [0.2, 0.25) is 0 Å². The lowest BCUT2D eigenvalue weighted by Crippen LogP contribution is -2.40. The summed E-state index contributed by atoms with van der Waals surface area (Å²) < 4.78 is 18.5. The summed E-state index contributed by atoms with van der Waals surface area (Å²) in [6.45, 7) is 5.15. The number of aromatic nitrogens is 1. The van der Waals surface area contributed by atoms with E-state index in [0.29, 0.717) is 4.88 Å². The van der Waals surface area contributed by atoms with Gasteiger partial charge in [-0.25, -0.2) is 14.2 Å². The van der Waals surface area contributed by atoms with Crippen molar-refractivity contribution >= 4 is 34.9 Å². The maximum atomic E-state index is 13.2. The largest absolute Gasteiger partial charge is 0.444 e. The van der Waals surface area contributed by atoms with Gasteiger partial charge in [0.05, 0.1) is 5.56 Å². The van der Waals surface area contributed by atoms with E-state index in [1.54, 1.807) is 44.4 Å². The number of alkyl carbamates (subject to hydrolysis) is 1. The number of thiophene rings is 1. The van der Waals surface area contributed by atoms with Crippen molar-refractivity contribution < 1.29 is 23.5 Å². The zero-order valence-corrected chi connectivity index (χ0v) is 18.5. The minimum Gasteiger partial charge on any atom is -0.444 e. The number of hydrogen-bond acceptors (Lipinski definition) is 6. The summed E-state index contributed by atoms with van der Waals surface area (Å²) in [5.74, 6) is -1.46. The van der Waals surface area contributed by atoms with Crippen molar-refractivity contribution in [1.29, 1.82) is 0 Å². The van der Waals surface area contributed by atoms with Crippen LogP contribution in [0.1, 0.15) is 47.6 Å². The Bertz CT molecular complexity index is 1110. The first kappa shape index (κ1) is 23.1. The maximum Gasteiger partial charge on any atom is 0.408 e. The molecule has 0 aliphatic rings. The number of rotatable bonds is 6. The minimum atomic E-state index is -1.05. The molecular weight excluding hydrogens is 433 g/mol. The summed E-state index contributed by atoms with van der Waals surface area (Å²) in [6, 6.07) is 10.5. The maximum absolute atomic E-state index is 13.2. The van der Waals surface area contributed by atoms with Crippen molar-refractivity contribution in [2.75, 3.05) is 5.32 Å². The molecule has 1 unspecified atom stereocenters. The number of nitrogens with zero attached hydrogens (tertiary/aromatic N) is 1. The summed E-state index contributed by atoms with van der Waals surface area (Å²) in [6.07, 6.45) is 0.674. The average molecular weight is 456 g/mol. The molecule has 2 heterocycles. The van der Waals surface area contributed by atoms with Crippen LogP contribution in [0, 0.1) is 5.82 Å². The Labute approximate surface area is 188 Å². The van der Waals surface area contributed by atoms with Crippen LogP contribution < -0.4 is 10.6 Å². The summed E-state index contributed by atoms with van der Waals surface area (Å²) >= 11 is 1.28. The topological polar surface area (TPSA) is 97.4 Å². The third kappa shape index (κ3) is 5.98. The first-order valence-electron chi connectivity index (χ1n) is 9.73. The first-order chi connectivity index (χ1) is 15.1. The Balaban J connectivity index is 1.84. The van der Waals surface area contributed by atoms with Crippen LogP contribution in [0.4, 0.5) is 15.0 Å². The molecular formula is C23H22FN3O4S. The lowest BCUT2D eigenvalue weighted by molar-refractivity contribution is -0.118. The molecule has 3 rings (SSSR count). The van der Waals surface area contributed by atoms with Gasteiger partial charge in [-0.3, -0.25) is 9.59 Å². The van der Waals surface area contributed by atoms with Gasteiger partial charge in [-0.15, -0.1) is 11.3 Å². The fourth-order valence-corrected chi connectivity index (χ4v) is 3.55. The monoisotopic (exact) mass is 455 g/mol. The van der Waals surface area contributed by atoms with Crippen molar-refractivity contribution in [3.8, 4) is 0 Å². The molecule has 0 aliphatic carbocycles. The molecule has 0 radical (unpaired) electrons. The Kier molecular flexibility index (Phi) is 6.99. The number of ketones is 1. The number of carbonyl (C=O) groups excluding carboxylic acids is 3. The van der Waals surface area contributed by atoms with Crippen LogP contribution in [0.3, 0.4) is 0 Å². The lowest BCUT2D eigenvalue weighted by atomic mass is 10.0. The van der Waals surface area contributed by atoms with Gasteiger partial charge >= 0.3 is 6.09 Å². The fourth-order valence-electron chi connectivity index (χ4n) is 2.78. The summed E-state index contributed by atoms with van der Waals surface area (Å²) in [4.78, 5) is 43.0. The van der Waals surface area contributed by atoms with Crippen LogP contribution >= 0.6 is 11.3 Å². The number of carbonyl (C=O) groups is 3. The number of halogens is 1. The fraction of sp³-hybridized carbons (Fsp3) is 0.217. The molecule has 3 aromatic rings. The Morgan fingerprint density at radius 1 is 1.06 bits per heavy atom. The molecule has 0 fully saturated rings. The van der Waals surface area contributed by atoms with E-state index in [-0.39, 0.29) is 16.9 Å². The molecule has 0 bridgehead atoms. The number of pyridine rings is 1. The van der Waals surface area contributed by atoms with Gasteiger partial charge in [0, 0.05) is 16.6 Å². The van der Waals surface area contributed by atoms with Crippen LogP contribution in [0.25, 0.3) is 0 Å². The molecule has 2 N–H and O–H groups in total. The van der Waals surface area contributed by atoms with E-state index in [0.717, 1.165) is 0 Å². The summed E-state index contributed by atoms with van der Waals surface area (Å²) in [5.41, 5.74) is -0.359. The highest BCUT2D eigenvalue weighted by Crippen LogP contribution is 2.23. The molecule has 32 heavy (non-hydrogen) atoms. The van der Waals surface area contributed by atoms with Crippen LogP contribution in [-0.2, 0) is 9.53 Å². The zero-order chi connectivity index (χ0) is 23.3. The van der Waals surface area contributed by atoms with Crippen LogP contribution in [0.15, 0.2) is 60.1 Å². The Hall–Kier alpha value is -3.59. The van der Waals surface area contributed by atoms with Gasteiger partial charge in [0.15, 0.2) is 5.78 Å². The molecule has 9 heteroatoms. The van der Waals surface area contributed by atoms with Crippen molar-refractivity contribution in [3.63, 3.8) is 0 Å². The van der Waals surface area contributed by atoms with Gasteiger partial charge in [-0.2, -0.15) is 0 Å². The van der Waals surface area contributed by atoms with E-state index in [1.165, 1.54) is 47.9 Å². The predicted octanol–water partition coefficient (Wildman–Crippen LogP) is 4.72. The standard InChI is InChI=1S/C23H22FN3O4S/c1-23(2,3)31-22(30)26-18(17-7-5-13-32-17)21(29)27-20-16(6-4-12-25-20)19(28)14-8-10-15(24)11-9-14/h4-13,18H,1-3H3,(H,26,30)(H,25,27,29). The number of hydrogen-bond donors (Lipinski definition) is 2. The zero-order valence-electron chi connectivity index (χ0n) is 17.7. The first-order valence-corrected chi connectivity index (χ1v) is 10.6. The number of anilines is 1. The molecule has 1 atom stereocenters. The highest BCUT2D eigenvalue weighted by molar-refractivity contribution is 7.10. The number of ether oxygens (including phenoxy) is 1. The summed E-state index contributed by atoms with van der Waals surface area (Å²) in [5, 5.41) is 6.96. The molecule has 2 aromatic heterocycles. The van der Waals surface area contributed by atoms with E-state index in [9.17, 15) is 18.8 Å². The Morgan fingerprint density at radius 3 is 2.41 bits per heavy atom. The normalized spacial score (nSPS) is 12.0. The molecule has 0 saturated carbocycles. The van der Waals surface area contributed by atoms with E-state index < -0.39 is 35.2 Å². The molecule has 0 spiro atoms. The third-order valence-electron chi connectivity index (χ3n) is 4.15. The smallest absolute Gasteiger partial charge is 0.408 e. The van der Waals surface area contributed by atoms with Crippen molar-refractivity contribution in [2.45, 2.75) is 32.4 Å². The number of amides is 2. The molecule has 1 aromatic carbocycles. The van der Waals surface area contributed by atoms with Gasteiger partial charge < -0.3 is 15.4 Å². The molecule has 2 amide bonds. The van der Waals surface area contributed by atoms with Gasteiger partial charge in [0.25, 0.3) is 5.91 Å². The quantitative estimate of drug-likeness (QED) is 0.525. The van der Waals surface area contributed by atoms with E-state index >= 15 is 0 Å². The van der Waals surface area contributed by atoms with Crippen LogP contribution in [0.5, 0.6) is 0 Å². The van der Waals surface area contributed by atoms with Gasteiger partial charge in [-0.1, -0.05) is 6.07 Å². The van der Waals surface area contributed by atoms with E-state index in [1.807, 2.05) is 0 Å². The highest BCUT2D eigenvalue weighted by Gasteiger charge is 2.28. The van der Waals surface area contributed by atoms with Crippen molar-refractivity contribution in [2.24, 2.45) is 0 Å². The van der Waals surface area contributed by atoms with Crippen LogP contribution in [-0.4, -0.2) is 28.4 Å². The van der Waals surface area contributed by atoms with Crippen molar-refractivity contribution in [3.05, 3.63) is 81.9 Å². The van der Waals surface area contributed by atoms with Gasteiger partial charge in [-0.05, 0) is 68.6 Å².